The van der Waals surface area contributed by atoms with Gasteiger partial charge in [0.15, 0.2) is 0 Å². The van der Waals surface area contributed by atoms with Crippen LogP contribution in [0.25, 0.3) is 0 Å². The molecule has 1 aromatic carbocycles. The van der Waals surface area contributed by atoms with Crippen LogP contribution in [0.3, 0.4) is 0 Å². The van der Waals surface area contributed by atoms with Crippen LogP contribution in [-0.2, 0) is 0 Å². The van der Waals surface area contributed by atoms with Gasteiger partial charge in [-0.3, -0.25) is 0 Å². The minimum Gasteiger partial charge on any atom is -0.488 e. The van der Waals surface area contributed by atoms with Crippen LogP contribution >= 0.6 is 0 Å². The van der Waals surface area contributed by atoms with Gasteiger partial charge in [0.2, 0.25) is 17.2 Å². The Morgan fingerprint density at radius 1 is 0.923 bits per heavy atom. The van der Waals surface area contributed by atoms with Gasteiger partial charge in [0.25, 0.3) is 0 Å². The van der Waals surface area contributed by atoms with Gasteiger partial charge >= 0.3 is 0 Å². The molecule has 0 radical (unpaired) electrons. The monoisotopic (exact) mass is 181 g/mol. The number of ether oxygens (including phenoxy) is 3. The Kier molecular flexibility index (Phi) is 2.90. The average Bonchev–Trinajstić information content (AvgIpc) is 2.16. The van der Waals surface area contributed by atoms with Crippen molar-refractivity contribution in [3.8, 4) is 17.2 Å². The summed E-state index contributed by atoms with van der Waals surface area (Å²) in [6.07, 6.45) is 0. The zero-order valence-corrected chi connectivity index (χ0v) is 8.09. The van der Waals surface area contributed by atoms with Gasteiger partial charge in [-0.1, -0.05) is 0 Å². The van der Waals surface area contributed by atoms with Crippen molar-refractivity contribution < 1.29 is 14.2 Å². The molecule has 0 N–H and O–H groups in total. The Morgan fingerprint density at radius 2 is 1.38 bits per heavy atom. The van der Waals surface area contributed by atoms with E-state index in [0.29, 0.717) is 17.2 Å². The van der Waals surface area contributed by atoms with Crippen molar-refractivity contribution in [3.05, 3.63) is 24.6 Å². The summed E-state index contributed by atoms with van der Waals surface area (Å²) in [5, 5.41) is 0. The van der Waals surface area contributed by atoms with Crippen molar-refractivity contribution in [2.75, 3.05) is 21.3 Å². The SMILES string of the molecule is [CH2+]c1cc(OC)c(OC)c(OC)c1. The number of benzene rings is 1. The van der Waals surface area contributed by atoms with Gasteiger partial charge in [0.05, 0.1) is 33.5 Å². The molecular weight excluding hydrogens is 168 g/mol. The van der Waals surface area contributed by atoms with Gasteiger partial charge in [0, 0.05) is 6.92 Å². The first-order chi connectivity index (χ1) is 6.22. The normalized spacial score (nSPS) is 9.46. The van der Waals surface area contributed by atoms with Gasteiger partial charge < -0.3 is 14.2 Å². The van der Waals surface area contributed by atoms with Gasteiger partial charge in [0.1, 0.15) is 5.56 Å². The Balaban J connectivity index is 3.25. The lowest BCUT2D eigenvalue weighted by Crippen LogP contribution is -1.95. The second kappa shape index (κ2) is 3.94. The van der Waals surface area contributed by atoms with Gasteiger partial charge in [-0.2, -0.15) is 0 Å². The third-order valence-electron chi connectivity index (χ3n) is 1.72. The smallest absolute Gasteiger partial charge is 0.232 e. The summed E-state index contributed by atoms with van der Waals surface area (Å²) in [7, 11) is 4.73. The van der Waals surface area contributed by atoms with E-state index in [0.717, 1.165) is 5.56 Å². The lowest BCUT2D eigenvalue weighted by Gasteiger charge is -2.08. The van der Waals surface area contributed by atoms with Crippen molar-refractivity contribution in [2.45, 2.75) is 0 Å². The van der Waals surface area contributed by atoms with Gasteiger partial charge in [-0.25, -0.2) is 0 Å². The molecule has 0 saturated carbocycles. The van der Waals surface area contributed by atoms with Crippen LogP contribution in [0.4, 0.5) is 0 Å². The third-order valence-corrected chi connectivity index (χ3v) is 1.72. The minimum atomic E-state index is 0.595. The molecule has 3 heteroatoms. The molecule has 0 fully saturated rings. The second-order valence-electron chi connectivity index (χ2n) is 2.53. The Labute approximate surface area is 78.2 Å². The fourth-order valence-electron chi connectivity index (χ4n) is 1.14. The molecule has 0 aliphatic carbocycles. The maximum atomic E-state index is 5.14. The van der Waals surface area contributed by atoms with E-state index in [1.165, 1.54) is 0 Å². The van der Waals surface area contributed by atoms with Crippen LogP contribution in [0.1, 0.15) is 5.56 Å². The first-order valence-corrected chi connectivity index (χ1v) is 3.85. The van der Waals surface area contributed by atoms with Crippen LogP contribution in [0, 0.1) is 6.92 Å². The van der Waals surface area contributed by atoms with Crippen molar-refractivity contribution in [1.82, 2.24) is 0 Å². The summed E-state index contributed by atoms with van der Waals surface area (Å²) in [4.78, 5) is 0. The van der Waals surface area contributed by atoms with E-state index in [4.69, 9.17) is 14.2 Å². The van der Waals surface area contributed by atoms with Crippen LogP contribution in [0.15, 0.2) is 12.1 Å². The number of hydrogen-bond acceptors (Lipinski definition) is 3. The zero-order valence-electron chi connectivity index (χ0n) is 8.09. The zero-order chi connectivity index (χ0) is 9.84. The predicted octanol–water partition coefficient (Wildman–Crippen LogP) is 1.89. The molecule has 0 aliphatic rings. The topological polar surface area (TPSA) is 27.7 Å². The number of hydrogen-bond donors (Lipinski definition) is 0. The third kappa shape index (κ3) is 1.80. The standard InChI is InChI=1S/C10H13O3/c1-7-5-8(11-2)10(13-4)9(6-7)12-3/h5-6H,1H2,2-4H3/q+1. The highest BCUT2D eigenvalue weighted by molar-refractivity contribution is 5.54. The molecule has 0 aromatic heterocycles. The first-order valence-electron chi connectivity index (χ1n) is 3.85. The van der Waals surface area contributed by atoms with E-state index in [9.17, 15) is 0 Å². The van der Waals surface area contributed by atoms with Crippen LogP contribution < -0.4 is 14.2 Å². The first kappa shape index (κ1) is 9.58. The largest absolute Gasteiger partial charge is 0.488 e. The molecule has 0 unspecified atom stereocenters. The van der Waals surface area contributed by atoms with E-state index in [1.54, 1.807) is 33.5 Å². The molecule has 0 saturated heterocycles. The predicted molar refractivity (Wildman–Crippen MR) is 50.6 cm³/mol. The van der Waals surface area contributed by atoms with Crippen molar-refractivity contribution in [1.29, 1.82) is 0 Å². The highest BCUT2D eigenvalue weighted by Crippen LogP contribution is 2.37. The van der Waals surface area contributed by atoms with E-state index in [1.807, 2.05) is 0 Å². The molecule has 0 amide bonds. The number of methoxy groups -OCH3 is 3. The summed E-state index contributed by atoms with van der Waals surface area (Å²) >= 11 is 0. The molecule has 0 aliphatic heterocycles. The summed E-state index contributed by atoms with van der Waals surface area (Å²) in [6.45, 7) is 3.80. The van der Waals surface area contributed by atoms with Gasteiger partial charge in [-0.15, -0.1) is 0 Å². The molecule has 0 heterocycles. The van der Waals surface area contributed by atoms with E-state index < -0.39 is 0 Å². The second-order valence-corrected chi connectivity index (χ2v) is 2.53. The molecule has 70 valence electrons. The lowest BCUT2D eigenvalue weighted by atomic mass is 10.2. The fraction of sp³-hybridized carbons (Fsp3) is 0.300. The number of rotatable bonds is 3. The highest BCUT2D eigenvalue weighted by atomic mass is 16.5. The molecule has 13 heavy (non-hydrogen) atoms. The van der Waals surface area contributed by atoms with E-state index in [2.05, 4.69) is 6.92 Å². The van der Waals surface area contributed by atoms with E-state index in [-0.39, 0.29) is 0 Å². The maximum Gasteiger partial charge on any atom is 0.232 e. The van der Waals surface area contributed by atoms with Crippen LogP contribution in [0.5, 0.6) is 17.2 Å². The Bertz CT molecular complexity index is 269. The highest BCUT2D eigenvalue weighted by Gasteiger charge is 2.16. The summed E-state index contributed by atoms with van der Waals surface area (Å²) in [6, 6.07) is 3.59. The quantitative estimate of drug-likeness (QED) is 0.666. The Morgan fingerprint density at radius 3 is 1.69 bits per heavy atom. The fourth-order valence-corrected chi connectivity index (χ4v) is 1.14. The van der Waals surface area contributed by atoms with E-state index >= 15 is 0 Å². The van der Waals surface area contributed by atoms with Crippen molar-refractivity contribution in [2.24, 2.45) is 0 Å². The Hall–Kier alpha value is -1.51. The molecule has 1 aromatic rings. The van der Waals surface area contributed by atoms with Crippen LogP contribution in [0.2, 0.25) is 0 Å². The maximum absolute atomic E-state index is 5.14. The van der Waals surface area contributed by atoms with Crippen LogP contribution in [-0.4, -0.2) is 21.3 Å². The molecular formula is C10H13O3+. The lowest BCUT2D eigenvalue weighted by molar-refractivity contribution is 0.324. The van der Waals surface area contributed by atoms with Crippen molar-refractivity contribution in [3.63, 3.8) is 0 Å². The molecule has 1 rings (SSSR count). The summed E-state index contributed by atoms with van der Waals surface area (Å²) < 4.78 is 15.4. The average molecular weight is 181 g/mol. The molecule has 0 bridgehead atoms. The molecule has 0 atom stereocenters. The minimum absolute atomic E-state index is 0.595. The molecule has 3 nitrogen and oxygen atoms in total. The molecule has 0 spiro atoms. The summed E-state index contributed by atoms with van der Waals surface area (Å²) in [5.74, 6) is 1.86. The van der Waals surface area contributed by atoms with Crippen molar-refractivity contribution >= 4 is 0 Å². The summed E-state index contributed by atoms with van der Waals surface area (Å²) in [5.41, 5.74) is 0.828. The van der Waals surface area contributed by atoms with Gasteiger partial charge in [-0.05, 0) is 0 Å².